The lowest BCUT2D eigenvalue weighted by atomic mass is 10.1. The van der Waals surface area contributed by atoms with Crippen molar-refractivity contribution in [1.29, 1.82) is 0 Å². The van der Waals surface area contributed by atoms with E-state index in [1.54, 1.807) is 26.8 Å². The van der Waals surface area contributed by atoms with Gasteiger partial charge in [0.2, 0.25) is 0 Å². The molecule has 0 spiro atoms. The maximum Gasteiger partial charge on any atom is 0.408 e. The first-order valence-corrected chi connectivity index (χ1v) is 8.04. The van der Waals surface area contributed by atoms with Gasteiger partial charge in [-0.25, -0.2) is 9.59 Å². The quantitative estimate of drug-likeness (QED) is 0.811. The summed E-state index contributed by atoms with van der Waals surface area (Å²) in [6, 6.07) is 10.2. The zero-order chi connectivity index (χ0) is 18.3. The molecule has 1 N–H and O–H groups in total. The van der Waals surface area contributed by atoms with Crippen LogP contribution >= 0.6 is 0 Å². The SMILES string of the molecule is CC(C)(C)OC(=O)[C@H](Cc1ccoc1)NC(=O)OCc1ccccc1. The molecular formula is C19H23NO5. The fourth-order valence-electron chi connectivity index (χ4n) is 2.12. The van der Waals surface area contributed by atoms with Crippen LogP contribution in [0.1, 0.15) is 31.9 Å². The van der Waals surface area contributed by atoms with E-state index in [9.17, 15) is 9.59 Å². The van der Waals surface area contributed by atoms with E-state index >= 15 is 0 Å². The monoisotopic (exact) mass is 345 g/mol. The van der Waals surface area contributed by atoms with E-state index in [2.05, 4.69) is 5.32 Å². The van der Waals surface area contributed by atoms with Crippen molar-refractivity contribution in [2.45, 2.75) is 45.4 Å². The van der Waals surface area contributed by atoms with Crippen LogP contribution in [-0.2, 0) is 27.3 Å². The Bertz CT molecular complexity index is 674. The second-order valence-electron chi connectivity index (χ2n) is 6.63. The van der Waals surface area contributed by atoms with Crippen molar-refractivity contribution >= 4 is 12.1 Å². The van der Waals surface area contributed by atoms with Crippen LogP contribution in [0.3, 0.4) is 0 Å². The fourth-order valence-corrected chi connectivity index (χ4v) is 2.12. The van der Waals surface area contributed by atoms with Crippen LogP contribution in [0.15, 0.2) is 53.3 Å². The van der Waals surface area contributed by atoms with E-state index in [1.807, 2.05) is 30.3 Å². The van der Waals surface area contributed by atoms with Gasteiger partial charge in [0.15, 0.2) is 0 Å². The second kappa shape index (κ2) is 8.37. The molecule has 6 nitrogen and oxygen atoms in total. The minimum atomic E-state index is -0.861. The average Bonchev–Trinajstić information content (AvgIpc) is 3.05. The molecule has 2 rings (SSSR count). The molecule has 0 radical (unpaired) electrons. The van der Waals surface area contributed by atoms with Crippen LogP contribution in [0.4, 0.5) is 4.79 Å². The van der Waals surface area contributed by atoms with Crippen LogP contribution in [-0.4, -0.2) is 23.7 Å². The Labute approximate surface area is 147 Å². The molecule has 0 bridgehead atoms. The Morgan fingerprint density at radius 1 is 1.12 bits per heavy atom. The Balaban J connectivity index is 1.96. The van der Waals surface area contributed by atoms with E-state index in [0.717, 1.165) is 11.1 Å². The normalized spacial score (nSPS) is 12.3. The Hall–Kier alpha value is -2.76. The summed E-state index contributed by atoms with van der Waals surface area (Å²) in [5.41, 5.74) is 0.988. The van der Waals surface area contributed by atoms with Gasteiger partial charge in [-0.15, -0.1) is 0 Å². The maximum atomic E-state index is 12.4. The number of furan rings is 1. The highest BCUT2D eigenvalue weighted by molar-refractivity contribution is 5.82. The van der Waals surface area contributed by atoms with E-state index in [0.29, 0.717) is 0 Å². The molecule has 1 atom stereocenters. The van der Waals surface area contributed by atoms with Gasteiger partial charge >= 0.3 is 12.1 Å². The molecule has 0 aliphatic rings. The number of alkyl carbamates (subject to hydrolysis) is 1. The number of rotatable bonds is 6. The van der Waals surface area contributed by atoms with Crippen LogP contribution in [0.5, 0.6) is 0 Å². The number of carbonyl (C=O) groups excluding carboxylic acids is 2. The topological polar surface area (TPSA) is 77.8 Å². The minimum absolute atomic E-state index is 0.124. The molecule has 0 aliphatic carbocycles. The lowest BCUT2D eigenvalue weighted by molar-refractivity contribution is -0.157. The molecule has 1 aromatic heterocycles. The summed E-state index contributed by atoms with van der Waals surface area (Å²) in [4.78, 5) is 24.4. The molecule has 2 aromatic rings. The van der Waals surface area contributed by atoms with Gasteiger partial charge in [0.1, 0.15) is 18.2 Å². The highest BCUT2D eigenvalue weighted by Gasteiger charge is 2.27. The summed E-state index contributed by atoms with van der Waals surface area (Å²) in [5.74, 6) is -0.523. The van der Waals surface area contributed by atoms with Crippen molar-refractivity contribution in [3.8, 4) is 0 Å². The third-order valence-electron chi connectivity index (χ3n) is 3.22. The number of amides is 1. The van der Waals surface area contributed by atoms with Gasteiger partial charge in [-0.2, -0.15) is 0 Å². The average molecular weight is 345 g/mol. The van der Waals surface area contributed by atoms with Gasteiger partial charge in [0, 0.05) is 6.42 Å². The third-order valence-corrected chi connectivity index (χ3v) is 3.22. The molecule has 134 valence electrons. The summed E-state index contributed by atoms with van der Waals surface area (Å²) in [6.45, 7) is 5.44. The molecule has 1 aromatic carbocycles. The number of benzene rings is 1. The van der Waals surface area contributed by atoms with Crippen LogP contribution in [0.25, 0.3) is 0 Å². The molecule has 1 heterocycles. The van der Waals surface area contributed by atoms with Crippen molar-refractivity contribution in [3.63, 3.8) is 0 Å². The molecule has 25 heavy (non-hydrogen) atoms. The number of hydrogen-bond donors (Lipinski definition) is 1. The largest absolute Gasteiger partial charge is 0.472 e. The minimum Gasteiger partial charge on any atom is -0.472 e. The van der Waals surface area contributed by atoms with E-state index < -0.39 is 23.7 Å². The highest BCUT2D eigenvalue weighted by Crippen LogP contribution is 2.12. The van der Waals surface area contributed by atoms with Crippen LogP contribution in [0.2, 0.25) is 0 Å². The van der Waals surface area contributed by atoms with Gasteiger partial charge in [-0.1, -0.05) is 30.3 Å². The number of nitrogens with one attached hydrogen (secondary N) is 1. The summed E-state index contributed by atoms with van der Waals surface area (Å²) in [6.07, 6.45) is 2.61. The zero-order valence-electron chi connectivity index (χ0n) is 14.7. The zero-order valence-corrected chi connectivity index (χ0v) is 14.7. The van der Waals surface area contributed by atoms with Crippen LogP contribution < -0.4 is 5.32 Å². The van der Waals surface area contributed by atoms with Gasteiger partial charge in [0.25, 0.3) is 0 Å². The predicted octanol–water partition coefficient (Wildman–Crippen LogP) is 3.46. The van der Waals surface area contributed by atoms with Crippen molar-refractivity contribution in [1.82, 2.24) is 5.32 Å². The first kappa shape index (κ1) is 18.6. The number of ether oxygens (including phenoxy) is 2. The molecule has 0 saturated heterocycles. The smallest absolute Gasteiger partial charge is 0.408 e. The van der Waals surface area contributed by atoms with Crippen molar-refractivity contribution in [2.75, 3.05) is 0 Å². The van der Waals surface area contributed by atoms with E-state index in [-0.39, 0.29) is 13.0 Å². The second-order valence-corrected chi connectivity index (χ2v) is 6.63. The first-order valence-electron chi connectivity index (χ1n) is 8.04. The van der Waals surface area contributed by atoms with Gasteiger partial charge < -0.3 is 19.2 Å². The molecule has 0 unspecified atom stereocenters. The van der Waals surface area contributed by atoms with Crippen molar-refractivity contribution < 1.29 is 23.5 Å². The number of esters is 1. The Morgan fingerprint density at radius 2 is 1.84 bits per heavy atom. The standard InChI is InChI=1S/C19H23NO5/c1-19(2,3)25-17(21)16(11-15-9-10-23-12-15)20-18(22)24-13-14-7-5-4-6-8-14/h4-10,12,16H,11,13H2,1-3H3,(H,20,22)/t16-/m0/s1. The van der Waals surface area contributed by atoms with Crippen molar-refractivity contribution in [2.24, 2.45) is 0 Å². The number of carbonyl (C=O) groups is 2. The summed E-state index contributed by atoms with van der Waals surface area (Å²) in [5, 5.41) is 2.57. The Morgan fingerprint density at radius 3 is 2.44 bits per heavy atom. The Kier molecular flexibility index (Phi) is 6.22. The lowest BCUT2D eigenvalue weighted by Crippen LogP contribution is -2.45. The van der Waals surface area contributed by atoms with Gasteiger partial charge in [-0.05, 0) is 38.0 Å². The van der Waals surface area contributed by atoms with Gasteiger partial charge in [0.05, 0.1) is 12.5 Å². The number of hydrogen-bond acceptors (Lipinski definition) is 5. The van der Waals surface area contributed by atoms with Crippen LogP contribution in [0, 0.1) is 0 Å². The maximum absolute atomic E-state index is 12.4. The van der Waals surface area contributed by atoms with E-state index in [1.165, 1.54) is 12.5 Å². The first-order chi connectivity index (χ1) is 11.8. The van der Waals surface area contributed by atoms with Gasteiger partial charge in [-0.3, -0.25) is 0 Å². The van der Waals surface area contributed by atoms with Crippen molar-refractivity contribution in [3.05, 3.63) is 60.1 Å². The summed E-state index contributed by atoms with van der Waals surface area (Å²) in [7, 11) is 0. The van der Waals surface area contributed by atoms with E-state index in [4.69, 9.17) is 13.9 Å². The highest BCUT2D eigenvalue weighted by atomic mass is 16.6. The predicted molar refractivity (Wildman–Crippen MR) is 91.8 cm³/mol. The molecule has 1 amide bonds. The lowest BCUT2D eigenvalue weighted by Gasteiger charge is -2.24. The molecule has 6 heteroatoms. The summed E-state index contributed by atoms with van der Waals surface area (Å²) < 4.78 is 15.6. The summed E-state index contributed by atoms with van der Waals surface area (Å²) >= 11 is 0. The molecular weight excluding hydrogens is 322 g/mol. The molecule has 0 aliphatic heterocycles. The third kappa shape index (κ3) is 6.71. The molecule has 0 saturated carbocycles. The molecule has 0 fully saturated rings. The fraction of sp³-hybridized carbons (Fsp3) is 0.368.